The summed E-state index contributed by atoms with van der Waals surface area (Å²) in [6, 6.07) is 6.33. The van der Waals surface area contributed by atoms with E-state index in [0.29, 0.717) is 10.6 Å². The van der Waals surface area contributed by atoms with Gasteiger partial charge in [-0.05, 0) is 29.9 Å². The molecule has 1 aromatic carbocycles. The van der Waals surface area contributed by atoms with Crippen LogP contribution < -0.4 is 11.1 Å². The fourth-order valence-corrected chi connectivity index (χ4v) is 4.16. The number of thiophene rings is 1. The molecule has 4 heteroatoms. The molecular weight excluding hydrogens is 280 g/mol. The van der Waals surface area contributed by atoms with E-state index in [1.54, 1.807) is 0 Å². The molecule has 0 saturated heterocycles. The molecule has 1 fully saturated rings. The minimum atomic E-state index is -0.0463. The Kier molecular flexibility index (Phi) is 2.90. The number of nitrogens with two attached hydrogens (primary N) is 1. The molecule has 1 aliphatic rings. The fraction of sp³-hybridized carbons (Fsp3) is 0.471. The zero-order chi connectivity index (χ0) is 15.6. The quantitative estimate of drug-likeness (QED) is 0.882. The lowest BCUT2D eigenvalue weighted by molar-refractivity contribution is 0.0948. The number of nitrogen functional groups attached to an aromatic ring is 1. The van der Waals surface area contributed by atoms with E-state index in [1.807, 2.05) is 25.1 Å². The second-order valence-electron chi connectivity index (χ2n) is 7.19. The average molecular weight is 302 g/mol. The number of anilines is 1. The number of amides is 1. The molecule has 1 heterocycles. The summed E-state index contributed by atoms with van der Waals surface area (Å²) in [6.07, 6.45) is 0. The Morgan fingerprint density at radius 2 is 1.86 bits per heavy atom. The predicted octanol–water partition coefficient (Wildman–Crippen LogP) is 3.96. The van der Waals surface area contributed by atoms with E-state index in [0.717, 1.165) is 15.6 Å². The van der Waals surface area contributed by atoms with E-state index in [1.165, 1.54) is 11.3 Å². The van der Waals surface area contributed by atoms with Crippen LogP contribution in [0.3, 0.4) is 0 Å². The Morgan fingerprint density at radius 1 is 1.24 bits per heavy atom. The molecule has 3 rings (SSSR count). The molecule has 112 valence electrons. The molecule has 0 bridgehead atoms. The summed E-state index contributed by atoms with van der Waals surface area (Å²) in [5.41, 5.74) is 8.21. The van der Waals surface area contributed by atoms with Gasteiger partial charge < -0.3 is 11.1 Å². The van der Waals surface area contributed by atoms with Gasteiger partial charge in [-0.3, -0.25) is 4.79 Å². The largest absolute Gasteiger partial charge is 0.397 e. The monoisotopic (exact) mass is 302 g/mol. The van der Waals surface area contributed by atoms with Crippen molar-refractivity contribution in [2.24, 2.45) is 10.8 Å². The third-order valence-electron chi connectivity index (χ3n) is 5.38. The van der Waals surface area contributed by atoms with Crippen LogP contribution in [0, 0.1) is 17.8 Å². The third kappa shape index (κ3) is 1.96. The number of hydrogen-bond acceptors (Lipinski definition) is 3. The van der Waals surface area contributed by atoms with Crippen molar-refractivity contribution < 1.29 is 4.79 Å². The van der Waals surface area contributed by atoms with Crippen molar-refractivity contribution in [2.75, 3.05) is 5.73 Å². The van der Waals surface area contributed by atoms with E-state index >= 15 is 0 Å². The van der Waals surface area contributed by atoms with Crippen molar-refractivity contribution in [2.45, 2.75) is 40.7 Å². The zero-order valence-corrected chi connectivity index (χ0v) is 14.0. The number of aryl methyl sites for hydroxylation is 1. The van der Waals surface area contributed by atoms with Crippen LogP contribution >= 0.6 is 11.3 Å². The van der Waals surface area contributed by atoms with Gasteiger partial charge >= 0.3 is 0 Å². The lowest BCUT2D eigenvalue weighted by atomic mass is 10.0. The molecule has 3 N–H and O–H groups in total. The van der Waals surface area contributed by atoms with Gasteiger partial charge in [0, 0.05) is 16.1 Å². The normalized spacial score (nSPS) is 19.7. The van der Waals surface area contributed by atoms with E-state index < -0.39 is 0 Å². The first-order valence-electron chi connectivity index (χ1n) is 7.26. The molecule has 1 saturated carbocycles. The third-order valence-corrected chi connectivity index (χ3v) is 6.57. The highest BCUT2D eigenvalue weighted by molar-refractivity contribution is 7.21. The molecule has 1 amide bonds. The summed E-state index contributed by atoms with van der Waals surface area (Å²) in [4.78, 5) is 13.2. The van der Waals surface area contributed by atoms with Gasteiger partial charge in [0.25, 0.3) is 5.91 Å². The number of nitrogens with one attached hydrogen (secondary N) is 1. The average Bonchev–Trinajstić information content (AvgIpc) is 2.69. The molecule has 0 spiro atoms. The highest BCUT2D eigenvalue weighted by Gasteiger charge is 2.65. The van der Waals surface area contributed by atoms with Crippen molar-refractivity contribution in [1.82, 2.24) is 5.32 Å². The standard InChI is InChI=1S/C17H22N2OS/c1-9-6-7-11-10(8-9)12(18)13(21-11)14(20)19-15-16(2,3)17(15,4)5/h6-8,15H,18H2,1-5H3,(H,19,20). The molecule has 21 heavy (non-hydrogen) atoms. The maximum absolute atomic E-state index is 12.6. The van der Waals surface area contributed by atoms with E-state index in [4.69, 9.17) is 5.73 Å². The number of carbonyl (C=O) groups excluding carboxylic acids is 1. The summed E-state index contributed by atoms with van der Waals surface area (Å²) in [5.74, 6) is -0.0463. The molecule has 0 atom stereocenters. The number of hydrogen-bond donors (Lipinski definition) is 2. The minimum Gasteiger partial charge on any atom is -0.397 e. The lowest BCUT2D eigenvalue weighted by Crippen LogP contribution is -2.29. The second-order valence-corrected chi connectivity index (χ2v) is 8.25. The van der Waals surface area contributed by atoms with Crippen LogP contribution in [-0.2, 0) is 0 Å². The fourth-order valence-electron chi connectivity index (χ4n) is 3.15. The summed E-state index contributed by atoms with van der Waals surface area (Å²) >= 11 is 1.47. The first-order valence-corrected chi connectivity index (χ1v) is 8.07. The summed E-state index contributed by atoms with van der Waals surface area (Å²) in [7, 11) is 0. The van der Waals surface area contributed by atoms with E-state index in [9.17, 15) is 4.79 Å². The number of fused-ring (bicyclic) bond motifs is 1. The van der Waals surface area contributed by atoms with Crippen molar-refractivity contribution in [3.8, 4) is 0 Å². The maximum atomic E-state index is 12.6. The van der Waals surface area contributed by atoms with Gasteiger partial charge in [0.1, 0.15) is 4.88 Å². The molecule has 0 unspecified atom stereocenters. The van der Waals surface area contributed by atoms with Crippen molar-refractivity contribution in [1.29, 1.82) is 0 Å². The van der Waals surface area contributed by atoms with Gasteiger partial charge in [-0.25, -0.2) is 0 Å². The van der Waals surface area contributed by atoms with Crippen LogP contribution in [0.5, 0.6) is 0 Å². The number of benzene rings is 1. The Balaban J connectivity index is 1.91. The van der Waals surface area contributed by atoms with Gasteiger partial charge in [-0.15, -0.1) is 11.3 Å². The van der Waals surface area contributed by atoms with Crippen molar-refractivity contribution >= 4 is 33.0 Å². The summed E-state index contributed by atoms with van der Waals surface area (Å²) in [6.45, 7) is 10.8. The van der Waals surface area contributed by atoms with E-state index in [2.05, 4.69) is 33.0 Å². The Labute approximate surface area is 129 Å². The molecule has 0 radical (unpaired) electrons. The second kappa shape index (κ2) is 4.23. The summed E-state index contributed by atoms with van der Waals surface area (Å²) in [5, 5.41) is 4.14. The molecule has 2 aromatic rings. The van der Waals surface area contributed by atoms with Crippen LogP contribution in [0.1, 0.15) is 42.9 Å². The summed E-state index contributed by atoms with van der Waals surface area (Å²) < 4.78 is 1.07. The lowest BCUT2D eigenvalue weighted by Gasteiger charge is -2.06. The van der Waals surface area contributed by atoms with Crippen molar-refractivity contribution in [3.63, 3.8) is 0 Å². The Morgan fingerprint density at radius 3 is 2.43 bits per heavy atom. The molecule has 0 aliphatic heterocycles. The highest BCUT2D eigenvalue weighted by Crippen LogP contribution is 2.62. The Hall–Kier alpha value is -1.55. The van der Waals surface area contributed by atoms with Crippen LogP contribution in [0.25, 0.3) is 10.1 Å². The SMILES string of the molecule is Cc1ccc2sc(C(=O)NC3C(C)(C)C3(C)C)c(N)c2c1. The topological polar surface area (TPSA) is 55.1 Å². The number of carbonyl (C=O) groups is 1. The maximum Gasteiger partial charge on any atom is 0.263 e. The minimum absolute atomic E-state index is 0.0463. The van der Waals surface area contributed by atoms with Crippen LogP contribution in [0.15, 0.2) is 18.2 Å². The molecule has 3 nitrogen and oxygen atoms in total. The number of rotatable bonds is 2. The molecule has 1 aromatic heterocycles. The van der Waals surface area contributed by atoms with Crippen LogP contribution in [0.2, 0.25) is 0 Å². The van der Waals surface area contributed by atoms with Gasteiger partial charge in [0.2, 0.25) is 0 Å². The molecular formula is C17H22N2OS. The smallest absolute Gasteiger partial charge is 0.263 e. The van der Waals surface area contributed by atoms with Gasteiger partial charge in [0.15, 0.2) is 0 Å². The highest BCUT2D eigenvalue weighted by atomic mass is 32.1. The first-order chi connectivity index (χ1) is 9.66. The predicted molar refractivity (Wildman–Crippen MR) is 89.8 cm³/mol. The zero-order valence-electron chi connectivity index (χ0n) is 13.2. The van der Waals surface area contributed by atoms with Gasteiger partial charge in [-0.1, -0.05) is 39.3 Å². The van der Waals surface area contributed by atoms with Crippen LogP contribution in [0.4, 0.5) is 5.69 Å². The van der Waals surface area contributed by atoms with Crippen LogP contribution in [-0.4, -0.2) is 11.9 Å². The van der Waals surface area contributed by atoms with Gasteiger partial charge in [-0.2, -0.15) is 0 Å². The molecule has 1 aliphatic carbocycles. The van der Waals surface area contributed by atoms with Gasteiger partial charge in [0.05, 0.1) is 5.69 Å². The Bertz CT molecular complexity index is 729. The van der Waals surface area contributed by atoms with Crippen molar-refractivity contribution in [3.05, 3.63) is 28.6 Å². The first kappa shape index (κ1) is 14.4. The van der Waals surface area contributed by atoms with E-state index in [-0.39, 0.29) is 22.8 Å².